The molecule has 2 aromatic rings. The summed E-state index contributed by atoms with van der Waals surface area (Å²) in [5, 5.41) is 9.97. The lowest BCUT2D eigenvalue weighted by atomic mass is 10.1. The molecule has 0 saturated heterocycles. The number of ether oxygens (including phenoxy) is 1. The van der Waals surface area contributed by atoms with Crippen molar-refractivity contribution >= 4 is 10.0 Å². The van der Waals surface area contributed by atoms with E-state index in [9.17, 15) is 13.5 Å². The first-order chi connectivity index (χ1) is 11.5. The number of hydrogen-bond acceptors (Lipinski definition) is 4. The molecule has 1 atom stereocenters. The van der Waals surface area contributed by atoms with Crippen molar-refractivity contribution in [1.29, 1.82) is 0 Å². The number of aliphatic hydroxyl groups excluding tert-OH is 1. The number of sulfonamides is 1. The van der Waals surface area contributed by atoms with E-state index in [1.54, 1.807) is 19.2 Å². The molecule has 2 aromatic carbocycles. The summed E-state index contributed by atoms with van der Waals surface area (Å²) < 4.78 is 31.6. The lowest BCUT2D eigenvalue weighted by Gasteiger charge is -2.12. The van der Waals surface area contributed by atoms with Crippen LogP contribution in [0.3, 0.4) is 0 Å². The largest absolute Gasteiger partial charge is 0.497 e. The quantitative estimate of drug-likeness (QED) is 0.723. The second-order valence-corrected chi connectivity index (χ2v) is 7.54. The summed E-state index contributed by atoms with van der Waals surface area (Å²) in [5.74, 6) is 0.723. The van der Waals surface area contributed by atoms with Crippen LogP contribution < -0.4 is 9.46 Å². The van der Waals surface area contributed by atoms with Crippen LogP contribution in [0.15, 0.2) is 54.6 Å². The van der Waals surface area contributed by atoms with Crippen LogP contribution in [0.5, 0.6) is 5.75 Å². The average Bonchev–Trinajstić information content (AvgIpc) is 2.60. The molecule has 0 fully saturated rings. The monoisotopic (exact) mass is 349 g/mol. The standard InChI is InChI=1S/C18H23NO4S/c1-23-18-9-7-15(8-10-18)11-12-24(21,22)19-14-17(20)13-16-5-3-2-4-6-16/h2-10,17,19-20H,11-14H2,1H3/t17-/m1/s1. The molecule has 0 heterocycles. The average molecular weight is 349 g/mol. The maximum atomic E-state index is 12.0. The lowest BCUT2D eigenvalue weighted by molar-refractivity contribution is 0.179. The third-order valence-corrected chi connectivity index (χ3v) is 5.02. The third-order valence-electron chi connectivity index (χ3n) is 3.67. The van der Waals surface area contributed by atoms with Crippen LogP contribution in [0.25, 0.3) is 0 Å². The Morgan fingerprint density at radius 2 is 1.71 bits per heavy atom. The van der Waals surface area contributed by atoms with Crippen LogP contribution in [-0.4, -0.2) is 39.0 Å². The molecular formula is C18H23NO4S. The van der Waals surface area contributed by atoms with E-state index in [0.29, 0.717) is 12.8 Å². The summed E-state index contributed by atoms with van der Waals surface area (Å²) in [6.07, 6.45) is 0.0822. The molecule has 2 rings (SSSR count). The Labute approximate surface area is 143 Å². The Balaban J connectivity index is 1.78. The van der Waals surface area contributed by atoms with Gasteiger partial charge in [-0.3, -0.25) is 0 Å². The van der Waals surface area contributed by atoms with E-state index >= 15 is 0 Å². The zero-order chi connectivity index (χ0) is 17.4. The predicted molar refractivity (Wildman–Crippen MR) is 94.6 cm³/mol. The van der Waals surface area contributed by atoms with Gasteiger partial charge in [-0.05, 0) is 36.1 Å². The van der Waals surface area contributed by atoms with Crippen molar-refractivity contribution in [3.05, 3.63) is 65.7 Å². The maximum absolute atomic E-state index is 12.0. The van der Waals surface area contributed by atoms with E-state index in [1.165, 1.54) is 0 Å². The molecule has 0 aromatic heterocycles. The van der Waals surface area contributed by atoms with Gasteiger partial charge in [-0.2, -0.15) is 0 Å². The van der Waals surface area contributed by atoms with Crippen molar-refractivity contribution in [2.45, 2.75) is 18.9 Å². The van der Waals surface area contributed by atoms with Gasteiger partial charge in [0.25, 0.3) is 0 Å². The van der Waals surface area contributed by atoms with Crippen LogP contribution in [-0.2, 0) is 22.9 Å². The van der Waals surface area contributed by atoms with Crippen molar-refractivity contribution in [3.8, 4) is 5.75 Å². The van der Waals surface area contributed by atoms with E-state index in [2.05, 4.69) is 4.72 Å². The van der Waals surface area contributed by atoms with Crippen LogP contribution >= 0.6 is 0 Å². The molecule has 0 saturated carbocycles. The zero-order valence-corrected chi connectivity index (χ0v) is 14.5. The fraction of sp³-hybridized carbons (Fsp3) is 0.333. The molecule has 2 N–H and O–H groups in total. The van der Waals surface area contributed by atoms with Crippen molar-refractivity contribution in [2.75, 3.05) is 19.4 Å². The van der Waals surface area contributed by atoms with Gasteiger partial charge in [0, 0.05) is 6.54 Å². The van der Waals surface area contributed by atoms with Crippen molar-refractivity contribution in [3.63, 3.8) is 0 Å². The van der Waals surface area contributed by atoms with Gasteiger partial charge in [0.2, 0.25) is 10.0 Å². The van der Waals surface area contributed by atoms with E-state index in [4.69, 9.17) is 4.74 Å². The highest BCUT2D eigenvalue weighted by molar-refractivity contribution is 7.89. The molecule has 0 bridgehead atoms. The first-order valence-corrected chi connectivity index (χ1v) is 9.46. The maximum Gasteiger partial charge on any atom is 0.212 e. The topological polar surface area (TPSA) is 75.6 Å². The second kappa shape index (κ2) is 8.82. The molecule has 130 valence electrons. The normalized spacial score (nSPS) is 12.8. The minimum absolute atomic E-state index is 0.0137. The summed E-state index contributed by atoms with van der Waals surface area (Å²) in [7, 11) is -1.84. The second-order valence-electron chi connectivity index (χ2n) is 5.61. The van der Waals surface area contributed by atoms with E-state index in [1.807, 2.05) is 42.5 Å². The number of aryl methyl sites for hydroxylation is 1. The summed E-state index contributed by atoms with van der Waals surface area (Å²) in [6, 6.07) is 16.8. The number of nitrogens with one attached hydrogen (secondary N) is 1. The molecule has 0 spiro atoms. The molecule has 24 heavy (non-hydrogen) atoms. The van der Waals surface area contributed by atoms with E-state index in [-0.39, 0.29) is 12.3 Å². The Kier molecular flexibility index (Phi) is 6.78. The first-order valence-electron chi connectivity index (χ1n) is 7.81. The van der Waals surface area contributed by atoms with Gasteiger partial charge in [-0.25, -0.2) is 13.1 Å². The van der Waals surface area contributed by atoms with Gasteiger partial charge in [-0.1, -0.05) is 42.5 Å². The highest BCUT2D eigenvalue weighted by Crippen LogP contribution is 2.12. The SMILES string of the molecule is COc1ccc(CCS(=O)(=O)NC[C@H](O)Cc2ccccc2)cc1. The van der Waals surface area contributed by atoms with Crippen LogP contribution in [0.1, 0.15) is 11.1 Å². The number of benzene rings is 2. The van der Waals surface area contributed by atoms with Crippen LogP contribution in [0, 0.1) is 0 Å². The molecule has 0 amide bonds. The number of methoxy groups -OCH3 is 1. The number of rotatable bonds is 9. The molecule has 5 nitrogen and oxygen atoms in total. The zero-order valence-electron chi connectivity index (χ0n) is 13.7. The Morgan fingerprint density at radius 3 is 2.33 bits per heavy atom. The van der Waals surface area contributed by atoms with Gasteiger partial charge >= 0.3 is 0 Å². The Bertz CT molecular complexity index is 714. The van der Waals surface area contributed by atoms with E-state index < -0.39 is 16.1 Å². The smallest absolute Gasteiger partial charge is 0.212 e. The van der Waals surface area contributed by atoms with Crippen molar-refractivity contribution in [2.24, 2.45) is 0 Å². The summed E-state index contributed by atoms with van der Waals surface area (Å²) in [6.45, 7) is 0.0137. The minimum atomic E-state index is -3.42. The molecule has 0 aliphatic rings. The van der Waals surface area contributed by atoms with Gasteiger partial charge in [0.1, 0.15) is 5.75 Å². The molecule has 6 heteroatoms. The minimum Gasteiger partial charge on any atom is -0.497 e. The van der Waals surface area contributed by atoms with Crippen molar-refractivity contribution < 1.29 is 18.3 Å². The van der Waals surface area contributed by atoms with Gasteiger partial charge < -0.3 is 9.84 Å². The molecule has 0 radical (unpaired) electrons. The van der Waals surface area contributed by atoms with E-state index in [0.717, 1.165) is 16.9 Å². The molecule has 0 aliphatic heterocycles. The number of hydrogen-bond donors (Lipinski definition) is 2. The molecule has 0 aliphatic carbocycles. The fourth-order valence-electron chi connectivity index (χ4n) is 2.30. The highest BCUT2D eigenvalue weighted by Gasteiger charge is 2.13. The van der Waals surface area contributed by atoms with Crippen LogP contribution in [0.4, 0.5) is 0 Å². The lowest BCUT2D eigenvalue weighted by Crippen LogP contribution is -2.35. The summed E-state index contributed by atoms with van der Waals surface area (Å²) in [5.41, 5.74) is 1.90. The molecular weight excluding hydrogens is 326 g/mol. The summed E-state index contributed by atoms with van der Waals surface area (Å²) in [4.78, 5) is 0. The fourth-order valence-corrected chi connectivity index (χ4v) is 3.39. The molecule has 0 unspecified atom stereocenters. The third kappa shape index (κ3) is 6.31. The first kappa shape index (κ1) is 18.4. The highest BCUT2D eigenvalue weighted by atomic mass is 32.2. The van der Waals surface area contributed by atoms with Crippen LogP contribution in [0.2, 0.25) is 0 Å². The van der Waals surface area contributed by atoms with Gasteiger partial charge in [-0.15, -0.1) is 0 Å². The predicted octanol–water partition coefficient (Wildman–Crippen LogP) is 1.76. The Morgan fingerprint density at radius 1 is 1.04 bits per heavy atom. The van der Waals surface area contributed by atoms with Crippen molar-refractivity contribution in [1.82, 2.24) is 4.72 Å². The number of aliphatic hydroxyl groups is 1. The van der Waals surface area contributed by atoms with Gasteiger partial charge in [0.15, 0.2) is 0 Å². The summed E-state index contributed by atoms with van der Waals surface area (Å²) >= 11 is 0. The Hall–Kier alpha value is -1.89. The van der Waals surface area contributed by atoms with Gasteiger partial charge in [0.05, 0.1) is 19.0 Å².